The van der Waals surface area contributed by atoms with Crippen molar-refractivity contribution >= 4 is 44.7 Å². The summed E-state index contributed by atoms with van der Waals surface area (Å²) in [6, 6.07) is 9.10. The molecule has 0 fully saturated rings. The van der Waals surface area contributed by atoms with Crippen LogP contribution in [0.4, 0.5) is 5.69 Å². The number of amides is 1. The molecule has 0 spiro atoms. The molecule has 6 nitrogen and oxygen atoms in total. The highest BCUT2D eigenvalue weighted by molar-refractivity contribution is 7.17. The second-order valence-corrected chi connectivity index (χ2v) is 6.59. The van der Waals surface area contributed by atoms with Gasteiger partial charge in [0.05, 0.1) is 20.2 Å². The molecule has 1 heterocycles. The largest absolute Gasteiger partial charge is 0.319 e. The summed E-state index contributed by atoms with van der Waals surface area (Å²) in [5.41, 5.74) is 2.20. The number of rotatable bonds is 2. The van der Waals surface area contributed by atoms with Crippen molar-refractivity contribution in [1.82, 2.24) is 4.57 Å². The predicted octanol–water partition coefficient (Wildman–Crippen LogP) is 3.85. The van der Waals surface area contributed by atoms with Crippen molar-refractivity contribution in [1.29, 1.82) is 0 Å². The predicted molar refractivity (Wildman–Crippen MR) is 93.5 cm³/mol. The third-order valence-electron chi connectivity index (χ3n) is 3.62. The molecule has 0 radical (unpaired) electrons. The molecule has 2 aromatic carbocycles. The highest BCUT2D eigenvalue weighted by Crippen LogP contribution is 2.28. The third kappa shape index (κ3) is 2.83. The SMILES string of the molecule is Cc1ccc(Cl)c2sc(=NC(=O)c3ccc([N+](=O)[O-])cc3)n(C)c12. The number of carbonyl (C=O) groups is 1. The highest BCUT2D eigenvalue weighted by atomic mass is 35.5. The van der Waals surface area contributed by atoms with Gasteiger partial charge in [-0.2, -0.15) is 4.99 Å². The fourth-order valence-corrected chi connectivity index (χ4v) is 3.76. The number of carbonyl (C=O) groups excluding carboxylic acids is 1. The Labute approximate surface area is 145 Å². The zero-order chi connectivity index (χ0) is 17.4. The molecular weight excluding hydrogens is 350 g/mol. The lowest BCUT2D eigenvalue weighted by Gasteiger charge is -2.00. The van der Waals surface area contributed by atoms with E-state index in [0.29, 0.717) is 15.4 Å². The van der Waals surface area contributed by atoms with Crippen LogP contribution in [-0.2, 0) is 7.05 Å². The first-order chi connectivity index (χ1) is 11.4. The number of fused-ring (bicyclic) bond motifs is 1. The molecule has 0 aliphatic heterocycles. The molecule has 0 aliphatic rings. The quantitative estimate of drug-likeness (QED) is 0.513. The van der Waals surface area contributed by atoms with Crippen LogP contribution in [-0.4, -0.2) is 15.4 Å². The number of aryl methyl sites for hydroxylation is 2. The zero-order valence-electron chi connectivity index (χ0n) is 12.8. The summed E-state index contributed by atoms with van der Waals surface area (Å²) in [7, 11) is 1.82. The maximum Gasteiger partial charge on any atom is 0.279 e. The Morgan fingerprint density at radius 2 is 1.92 bits per heavy atom. The molecule has 0 unspecified atom stereocenters. The number of non-ortho nitro benzene ring substituents is 1. The van der Waals surface area contributed by atoms with Crippen LogP contribution in [0.5, 0.6) is 0 Å². The Kier molecular flexibility index (Phi) is 4.21. The van der Waals surface area contributed by atoms with Gasteiger partial charge < -0.3 is 4.57 Å². The van der Waals surface area contributed by atoms with Crippen molar-refractivity contribution in [2.45, 2.75) is 6.92 Å². The van der Waals surface area contributed by atoms with Gasteiger partial charge in [-0.05, 0) is 30.7 Å². The second-order valence-electron chi connectivity index (χ2n) is 5.21. The minimum atomic E-state index is -0.512. The minimum Gasteiger partial charge on any atom is -0.319 e. The van der Waals surface area contributed by atoms with E-state index in [2.05, 4.69) is 4.99 Å². The van der Waals surface area contributed by atoms with E-state index in [0.717, 1.165) is 15.8 Å². The standard InChI is InChI=1S/C16H12ClN3O3S/c1-9-3-8-12(17)14-13(9)19(2)16(24-14)18-15(21)10-4-6-11(7-5-10)20(22)23/h3-8H,1-2H3. The van der Waals surface area contributed by atoms with E-state index >= 15 is 0 Å². The molecule has 24 heavy (non-hydrogen) atoms. The Hall–Kier alpha value is -2.51. The average Bonchev–Trinajstić information content (AvgIpc) is 2.89. The van der Waals surface area contributed by atoms with Gasteiger partial charge in [0.25, 0.3) is 11.6 Å². The number of thiazole rings is 1. The normalized spacial score (nSPS) is 11.9. The number of nitro groups is 1. The summed E-state index contributed by atoms with van der Waals surface area (Å²) in [6.07, 6.45) is 0. The van der Waals surface area contributed by atoms with Crippen molar-refractivity contribution in [3.05, 3.63) is 67.5 Å². The van der Waals surface area contributed by atoms with E-state index in [1.54, 1.807) is 0 Å². The Balaban J connectivity index is 2.08. The second kappa shape index (κ2) is 6.18. The molecule has 122 valence electrons. The summed E-state index contributed by atoms with van der Waals surface area (Å²) < 4.78 is 2.69. The van der Waals surface area contributed by atoms with Crippen molar-refractivity contribution in [2.75, 3.05) is 0 Å². The van der Waals surface area contributed by atoms with Crippen LogP contribution in [0.15, 0.2) is 41.4 Å². The lowest BCUT2D eigenvalue weighted by atomic mass is 10.2. The van der Waals surface area contributed by atoms with Crippen molar-refractivity contribution in [3.63, 3.8) is 0 Å². The van der Waals surface area contributed by atoms with Crippen molar-refractivity contribution in [3.8, 4) is 0 Å². The summed E-state index contributed by atoms with van der Waals surface area (Å²) in [5.74, 6) is -0.458. The molecule has 0 aliphatic carbocycles. The molecule has 0 bridgehead atoms. The van der Waals surface area contributed by atoms with E-state index in [-0.39, 0.29) is 5.69 Å². The van der Waals surface area contributed by atoms with Gasteiger partial charge in [0, 0.05) is 24.7 Å². The lowest BCUT2D eigenvalue weighted by molar-refractivity contribution is -0.384. The number of aromatic nitrogens is 1. The van der Waals surface area contributed by atoms with Crippen LogP contribution >= 0.6 is 22.9 Å². The van der Waals surface area contributed by atoms with Gasteiger partial charge in [-0.25, -0.2) is 0 Å². The van der Waals surface area contributed by atoms with Gasteiger partial charge in [-0.15, -0.1) is 0 Å². The maximum atomic E-state index is 12.3. The van der Waals surface area contributed by atoms with Crippen molar-refractivity contribution in [2.24, 2.45) is 12.0 Å². The van der Waals surface area contributed by atoms with Gasteiger partial charge in [-0.1, -0.05) is 29.0 Å². The van der Waals surface area contributed by atoms with Crippen LogP contribution < -0.4 is 4.80 Å². The number of hydrogen-bond acceptors (Lipinski definition) is 4. The molecule has 0 saturated heterocycles. The van der Waals surface area contributed by atoms with Gasteiger partial charge in [0.15, 0.2) is 4.80 Å². The Bertz CT molecular complexity index is 1040. The van der Waals surface area contributed by atoms with E-state index in [9.17, 15) is 14.9 Å². The summed E-state index contributed by atoms with van der Waals surface area (Å²) in [6.45, 7) is 1.97. The van der Waals surface area contributed by atoms with Crippen LogP contribution in [0.3, 0.4) is 0 Å². The lowest BCUT2D eigenvalue weighted by Crippen LogP contribution is -2.13. The monoisotopic (exact) mass is 361 g/mol. The van der Waals surface area contributed by atoms with E-state index < -0.39 is 10.8 Å². The van der Waals surface area contributed by atoms with E-state index in [4.69, 9.17) is 11.6 Å². The first-order valence-corrected chi connectivity index (χ1v) is 8.16. The van der Waals surface area contributed by atoms with Gasteiger partial charge >= 0.3 is 0 Å². The van der Waals surface area contributed by atoms with Crippen LogP contribution in [0.25, 0.3) is 10.2 Å². The highest BCUT2D eigenvalue weighted by Gasteiger charge is 2.12. The Morgan fingerprint density at radius 1 is 1.25 bits per heavy atom. The van der Waals surface area contributed by atoms with Crippen LogP contribution in [0, 0.1) is 17.0 Å². The summed E-state index contributed by atoms with van der Waals surface area (Å²) in [4.78, 5) is 27.1. The molecular formula is C16H12ClN3O3S. The number of benzene rings is 2. The van der Waals surface area contributed by atoms with Gasteiger partial charge in [-0.3, -0.25) is 14.9 Å². The summed E-state index contributed by atoms with van der Waals surface area (Å²) in [5, 5.41) is 11.3. The number of halogens is 1. The number of nitrogens with zero attached hydrogens (tertiary/aromatic N) is 3. The van der Waals surface area contributed by atoms with E-state index in [1.807, 2.05) is 30.7 Å². The molecule has 0 saturated carbocycles. The van der Waals surface area contributed by atoms with Crippen molar-refractivity contribution < 1.29 is 9.72 Å². The van der Waals surface area contributed by atoms with Crippen LogP contribution in [0.2, 0.25) is 5.02 Å². The molecule has 8 heteroatoms. The number of hydrogen-bond donors (Lipinski definition) is 0. The molecule has 0 N–H and O–H groups in total. The van der Waals surface area contributed by atoms with Crippen LogP contribution in [0.1, 0.15) is 15.9 Å². The third-order valence-corrected chi connectivity index (χ3v) is 5.22. The number of nitro benzene ring substituents is 1. The van der Waals surface area contributed by atoms with Gasteiger partial charge in [0.1, 0.15) is 0 Å². The molecule has 3 aromatic rings. The molecule has 3 rings (SSSR count). The minimum absolute atomic E-state index is 0.0682. The molecule has 1 amide bonds. The molecule has 1 aromatic heterocycles. The first-order valence-electron chi connectivity index (χ1n) is 6.96. The van der Waals surface area contributed by atoms with E-state index in [1.165, 1.54) is 35.6 Å². The smallest absolute Gasteiger partial charge is 0.279 e. The zero-order valence-corrected chi connectivity index (χ0v) is 14.4. The van der Waals surface area contributed by atoms with Gasteiger partial charge in [0.2, 0.25) is 0 Å². The Morgan fingerprint density at radius 3 is 2.50 bits per heavy atom. The topological polar surface area (TPSA) is 77.5 Å². The molecule has 0 atom stereocenters. The average molecular weight is 362 g/mol. The fourth-order valence-electron chi connectivity index (χ4n) is 2.39. The first kappa shape index (κ1) is 16.4. The maximum absolute atomic E-state index is 12.3. The summed E-state index contributed by atoms with van der Waals surface area (Å²) >= 11 is 7.55. The fraction of sp³-hybridized carbons (Fsp3) is 0.125.